The largest absolute Gasteiger partial charge is 0.484 e. The van der Waals surface area contributed by atoms with E-state index in [2.05, 4.69) is 15.8 Å². The molecule has 0 radical (unpaired) electrons. The van der Waals surface area contributed by atoms with Crippen LogP contribution >= 0.6 is 0 Å². The van der Waals surface area contributed by atoms with E-state index in [9.17, 15) is 9.59 Å². The van der Waals surface area contributed by atoms with Crippen LogP contribution in [-0.4, -0.2) is 24.6 Å². The van der Waals surface area contributed by atoms with Crippen molar-refractivity contribution in [3.05, 3.63) is 59.2 Å². The van der Waals surface area contributed by atoms with Crippen LogP contribution in [0.4, 0.5) is 5.69 Å². The van der Waals surface area contributed by atoms with Gasteiger partial charge in [0, 0.05) is 12.6 Å². The van der Waals surface area contributed by atoms with Crippen molar-refractivity contribution in [3.8, 4) is 5.75 Å². The van der Waals surface area contributed by atoms with Crippen molar-refractivity contribution in [2.45, 2.75) is 20.8 Å². The summed E-state index contributed by atoms with van der Waals surface area (Å²) < 4.78 is 5.50. The van der Waals surface area contributed by atoms with Crippen LogP contribution in [0, 0.1) is 13.8 Å². The Bertz CT molecular complexity index is 800. The summed E-state index contributed by atoms with van der Waals surface area (Å²) in [4.78, 5) is 22.8. The van der Waals surface area contributed by atoms with Crippen molar-refractivity contribution < 1.29 is 14.3 Å². The fraction of sp³-hybridized carbons (Fsp3) is 0.211. The van der Waals surface area contributed by atoms with Crippen LogP contribution in [0.15, 0.2) is 47.6 Å². The van der Waals surface area contributed by atoms with Crippen LogP contribution in [0.3, 0.4) is 0 Å². The molecule has 0 heterocycles. The minimum absolute atomic E-state index is 0.0980. The Morgan fingerprint density at radius 1 is 1.12 bits per heavy atom. The van der Waals surface area contributed by atoms with Crippen molar-refractivity contribution in [2.75, 3.05) is 11.9 Å². The molecule has 0 unspecified atom stereocenters. The Balaban J connectivity index is 1.89. The minimum atomic E-state index is -0.244. The lowest BCUT2D eigenvalue weighted by atomic mass is 10.1. The highest BCUT2D eigenvalue weighted by molar-refractivity contribution is 5.92. The summed E-state index contributed by atoms with van der Waals surface area (Å²) in [5, 5.41) is 6.59. The van der Waals surface area contributed by atoms with Crippen LogP contribution in [0.2, 0.25) is 0 Å². The predicted octanol–water partition coefficient (Wildman–Crippen LogP) is 2.79. The van der Waals surface area contributed by atoms with Gasteiger partial charge in [-0.3, -0.25) is 9.59 Å². The highest BCUT2D eigenvalue weighted by atomic mass is 16.5. The zero-order valence-corrected chi connectivity index (χ0v) is 14.5. The summed E-state index contributed by atoms with van der Waals surface area (Å²) in [5.41, 5.74) is 6.11. The fourth-order valence-corrected chi connectivity index (χ4v) is 2.05. The van der Waals surface area contributed by atoms with Gasteiger partial charge in [-0.05, 0) is 54.8 Å². The maximum absolute atomic E-state index is 12.0. The summed E-state index contributed by atoms with van der Waals surface area (Å²) in [6, 6.07) is 12.8. The predicted molar refractivity (Wildman–Crippen MR) is 97.9 cm³/mol. The van der Waals surface area contributed by atoms with E-state index >= 15 is 0 Å². The average molecular weight is 339 g/mol. The van der Waals surface area contributed by atoms with Crippen LogP contribution in [0.5, 0.6) is 5.75 Å². The lowest BCUT2D eigenvalue weighted by Crippen LogP contribution is -2.20. The number of nitrogens with zero attached hydrogens (tertiary/aromatic N) is 1. The molecule has 0 saturated carbocycles. The molecule has 0 spiro atoms. The number of aryl methyl sites for hydroxylation is 2. The van der Waals surface area contributed by atoms with Crippen molar-refractivity contribution in [1.82, 2.24) is 5.43 Å². The molecule has 2 N–H and O–H groups in total. The third-order valence-electron chi connectivity index (χ3n) is 3.45. The van der Waals surface area contributed by atoms with Gasteiger partial charge >= 0.3 is 0 Å². The van der Waals surface area contributed by atoms with Gasteiger partial charge in [-0.1, -0.05) is 18.2 Å². The maximum atomic E-state index is 12.0. The Hall–Kier alpha value is -3.15. The Morgan fingerprint density at radius 2 is 1.92 bits per heavy atom. The van der Waals surface area contributed by atoms with E-state index in [0.29, 0.717) is 5.75 Å². The average Bonchev–Trinajstić information content (AvgIpc) is 2.56. The van der Waals surface area contributed by atoms with E-state index in [1.807, 2.05) is 38.1 Å². The Morgan fingerprint density at radius 3 is 2.64 bits per heavy atom. The van der Waals surface area contributed by atoms with Crippen molar-refractivity contribution in [2.24, 2.45) is 5.10 Å². The minimum Gasteiger partial charge on any atom is -0.484 e. The first-order valence-electron chi connectivity index (χ1n) is 7.83. The van der Waals surface area contributed by atoms with Gasteiger partial charge in [-0.15, -0.1) is 0 Å². The fourth-order valence-electron chi connectivity index (χ4n) is 2.05. The molecule has 2 aromatic carbocycles. The van der Waals surface area contributed by atoms with Crippen LogP contribution in [0.1, 0.15) is 23.6 Å². The number of amides is 2. The topological polar surface area (TPSA) is 79.8 Å². The molecular weight excluding hydrogens is 318 g/mol. The number of hydrogen-bond donors (Lipinski definition) is 2. The van der Waals surface area contributed by atoms with Crippen LogP contribution in [-0.2, 0) is 9.59 Å². The zero-order chi connectivity index (χ0) is 18.2. The molecule has 2 amide bonds. The number of rotatable bonds is 6. The highest BCUT2D eigenvalue weighted by Crippen LogP contribution is 2.15. The van der Waals surface area contributed by atoms with Gasteiger partial charge in [0.05, 0.1) is 6.21 Å². The Labute approximate surface area is 146 Å². The highest BCUT2D eigenvalue weighted by Gasteiger charge is 2.05. The molecule has 6 heteroatoms. The second-order valence-electron chi connectivity index (χ2n) is 5.63. The second kappa shape index (κ2) is 8.63. The molecule has 0 bridgehead atoms. The molecule has 6 nitrogen and oxygen atoms in total. The number of hydrazone groups is 1. The number of carbonyl (C=O) groups is 2. The van der Waals surface area contributed by atoms with E-state index in [1.165, 1.54) is 18.7 Å². The van der Waals surface area contributed by atoms with Gasteiger partial charge in [-0.25, -0.2) is 5.43 Å². The molecule has 130 valence electrons. The molecule has 0 saturated heterocycles. The molecule has 0 aliphatic heterocycles. The standard InChI is InChI=1S/C19H21N3O3/c1-13-7-8-17(9-14(13)2)21-19(24)12-25-18-6-4-5-16(10-18)11-20-22-15(3)23/h4-11H,12H2,1-3H3,(H,21,24)(H,22,23)/b20-11-. The third kappa shape index (κ3) is 6.10. The lowest BCUT2D eigenvalue weighted by molar-refractivity contribution is -0.119. The summed E-state index contributed by atoms with van der Waals surface area (Å²) in [6.45, 7) is 5.30. The molecule has 0 aliphatic rings. The first-order valence-corrected chi connectivity index (χ1v) is 7.83. The van der Waals surface area contributed by atoms with E-state index < -0.39 is 0 Å². The van der Waals surface area contributed by atoms with Crippen molar-refractivity contribution in [1.29, 1.82) is 0 Å². The van der Waals surface area contributed by atoms with Crippen LogP contribution in [0.25, 0.3) is 0 Å². The first-order chi connectivity index (χ1) is 11.9. The number of hydrogen-bond acceptors (Lipinski definition) is 4. The maximum Gasteiger partial charge on any atom is 0.262 e. The lowest BCUT2D eigenvalue weighted by Gasteiger charge is -2.09. The summed E-state index contributed by atoms with van der Waals surface area (Å²) in [5.74, 6) is 0.0641. The summed E-state index contributed by atoms with van der Waals surface area (Å²) in [6.07, 6.45) is 1.50. The van der Waals surface area contributed by atoms with Gasteiger partial charge in [0.15, 0.2) is 6.61 Å². The van der Waals surface area contributed by atoms with E-state index in [1.54, 1.807) is 18.2 Å². The molecule has 0 aliphatic carbocycles. The first kappa shape index (κ1) is 18.2. The number of carbonyl (C=O) groups excluding carboxylic acids is 2. The molecule has 0 fully saturated rings. The number of ether oxygens (including phenoxy) is 1. The van der Waals surface area contributed by atoms with Crippen LogP contribution < -0.4 is 15.5 Å². The smallest absolute Gasteiger partial charge is 0.262 e. The van der Waals surface area contributed by atoms with E-state index in [-0.39, 0.29) is 18.4 Å². The van der Waals surface area contributed by atoms with Gasteiger partial charge in [0.1, 0.15) is 5.75 Å². The molecule has 25 heavy (non-hydrogen) atoms. The molecule has 0 atom stereocenters. The zero-order valence-electron chi connectivity index (χ0n) is 14.5. The van der Waals surface area contributed by atoms with Gasteiger partial charge in [-0.2, -0.15) is 5.10 Å². The van der Waals surface area contributed by atoms with Gasteiger partial charge in [0.25, 0.3) is 5.91 Å². The SMILES string of the molecule is CC(=O)N/N=C\c1cccc(OCC(=O)Nc2ccc(C)c(C)c2)c1. The molecule has 0 aromatic heterocycles. The van der Waals surface area contributed by atoms with Crippen molar-refractivity contribution in [3.63, 3.8) is 0 Å². The monoisotopic (exact) mass is 339 g/mol. The number of benzene rings is 2. The number of anilines is 1. The second-order valence-corrected chi connectivity index (χ2v) is 5.63. The molecule has 2 rings (SSSR count). The normalized spacial score (nSPS) is 10.5. The van der Waals surface area contributed by atoms with Gasteiger partial charge < -0.3 is 10.1 Å². The quantitative estimate of drug-likeness (QED) is 0.627. The van der Waals surface area contributed by atoms with E-state index in [4.69, 9.17) is 4.74 Å². The summed E-state index contributed by atoms with van der Waals surface area (Å²) in [7, 11) is 0. The third-order valence-corrected chi connectivity index (χ3v) is 3.45. The molecule has 2 aromatic rings. The summed E-state index contributed by atoms with van der Waals surface area (Å²) >= 11 is 0. The van der Waals surface area contributed by atoms with Gasteiger partial charge in [0.2, 0.25) is 5.91 Å². The number of nitrogens with one attached hydrogen (secondary N) is 2. The Kier molecular flexibility index (Phi) is 6.28. The van der Waals surface area contributed by atoms with Crippen molar-refractivity contribution >= 4 is 23.7 Å². The van der Waals surface area contributed by atoms with E-state index in [0.717, 1.165) is 16.8 Å². The molecular formula is C19H21N3O3.